The van der Waals surface area contributed by atoms with Gasteiger partial charge in [-0.15, -0.1) is 0 Å². The summed E-state index contributed by atoms with van der Waals surface area (Å²) in [6.07, 6.45) is 70.7. The highest BCUT2D eigenvalue weighted by atomic mass is 31.2. The van der Waals surface area contributed by atoms with Gasteiger partial charge in [-0.3, -0.25) is 18.6 Å². The third-order valence-corrected chi connectivity index (χ3v) is 15.2. The van der Waals surface area contributed by atoms with Gasteiger partial charge in [0.1, 0.15) is 19.3 Å². The molecule has 0 bridgehead atoms. The number of allylic oxidation sites excluding steroid dienone is 9. The summed E-state index contributed by atoms with van der Waals surface area (Å²) in [5, 5.41) is 3.06. The Labute approximate surface area is 471 Å². The summed E-state index contributed by atoms with van der Waals surface area (Å²) >= 11 is 0. The molecule has 10 heteroatoms. The lowest BCUT2D eigenvalue weighted by molar-refractivity contribution is -0.870. The molecule has 0 heterocycles. The van der Waals surface area contributed by atoms with Crippen molar-refractivity contribution in [3.63, 3.8) is 0 Å². The van der Waals surface area contributed by atoms with Gasteiger partial charge in [0.15, 0.2) is 0 Å². The highest BCUT2D eigenvalue weighted by Gasteiger charge is 2.30. The Morgan fingerprint density at radius 2 is 0.803 bits per heavy atom. The summed E-state index contributed by atoms with van der Waals surface area (Å²) in [6.45, 7) is 6.99. The Morgan fingerprint density at radius 3 is 1.25 bits per heavy atom. The molecule has 0 aliphatic heterocycles. The van der Waals surface area contributed by atoms with Crippen LogP contribution in [0.25, 0.3) is 0 Å². The second-order valence-corrected chi connectivity index (χ2v) is 24.4. The van der Waals surface area contributed by atoms with Gasteiger partial charge < -0.3 is 19.4 Å². The summed E-state index contributed by atoms with van der Waals surface area (Å²) in [4.78, 5) is 37.7. The number of phosphoric acid groups is 1. The third kappa shape index (κ3) is 56.4. The summed E-state index contributed by atoms with van der Waals surface area (Å²) < 4.78 is 30.7. The van der Waals surface area contributed by atoms with Gasteiger partial charge in [0.05, 0.1) is 33.8 Å². The van der Waals surface area contributed by atoms with Gasteiger partial charge in [0.2, 0.25) is 5.91 Å². The zero-order valence-electron chi connectivity index (χ0n) is 50.7. The first-order valence-electron chi connectivity index (χ1n) is 32.1. The number of unbranched alkanes of at least 4 members (excludes halogenated alkanes) is 34. The first-order chi connectivity index (χ1) is 36.9. The van der Waals surface area contributed by atoms with E-state index < -0.39 is 20.0 Å². The maximum atomic E-state index is 13.5. The van der Waals surface area contributed by atoms with Crippen molar-refractivity contribution in [3.8, 4) is 0 Å². The number of ether oxygens (including phenoxy) is 1. The minimum absolute atomic E-state index is 0.0382. The number of hydrogen-bond acceptors (Lipinski definition) is 6. The van der Waals surface area contributed by atoms with Crippen molar-refractivity contribution in [3.05, 3.63) is 60.8 Å². The van der Waals surface area contributed by atoms with E-state index in [-0.39, 0.29) is 31.5 Å². The summed E-state index contributed by atoms with van der Waals surface area (Å²) in [7, 11) is 1.49. The van der Waals surface area contributed by atoms with E-state index >= 15 is 0 Å². The lowest BCUT2D eigenvalue weighted by Gasteiger charge is -2.27. The molecule has 0 aromatic rings. The second-order valence-electron chi connectivity index (χ2n) is 22.9. The molecular weight excluding hydrogens is 964 g/mol. The van der Waals surface area contributed by atoms with Gasteiger partial charge in [-0.2, -0.15) is 0 Å². The Balaban J connectivity index is 5.18. The number of hydrogen-bond donors (Lipinski definition) is 2. The number of esters is 1. The van der Waals surface area contributed by atoms with E-state index in [0.29, 0.717) is 17.4 Å². The molecule has 3 unspecified atom stereocenters. The lowest BCUT2D eigenvalue weighted by atomic mass is 10.0. The predicted molar refractivity (Wildman–Crippen MR) is 328 cm³/mol. The molecular formula is C66H124N2O7P+. The molecule has 0 aliphatic rings. The summed E-state index contributed by atoms with van der Waals surface area (Å²) in [5.74, 6) is -0.508. The molecule has 0 aromatic carbocycles. The van der Waals surface area contributed by atoms with Crippen LogP contribution in [-0.2, 0) is 27.9 Å². The van der Waals surface area contributed by atoms with Crippen LogP contribution >= 0.6 is 7.82 Å². The molecule has 2 N–H and O–H groups in total. The quantitative estimate of drug-likeness (QED) is 0.0205. The molecule has 0 saturated carbocycles. The highest BCUT2D eigenvalue weighted by Crippen LogP contribution is 2.43. The molecule has 0 fully saturated rings. The van der Waals surface area contributed by atoms with Crippen molar-refractivity contribution in [1.82, 2.24) is 5.32 Å². The first-order valence-corrected chi connectivity index (χ1v) is 33.6. The van der Waals surface area contributed by atoms with E-state index in [1.165, 1.54) is 180 Å². The minimum atomic E-state index is -4.45. The van der Waals surface area contributed by atoms with Crippen molar-refractivity contribution in [2.45, 2.75) is 309 Å². The molecule has 0 radical (unpaired) electrons. The number of phosphoric ester groups is 1. The maximum Gasteiger partial charge on any atom is 0.472 e. The van der Waals surface area contributed by atoms with E-state index in [9.17, 15) is 19.0 Å². The fourth-order valence-electron chi connectivity index (χ4n) is 9.18. The predicted octanol–water partition coefficient (Wildman–Crippen LogP) is 19.8. The SMILES string of the molecule is CCCCC/C=C\C/C=C\C/C=C\CCCCCCCCCCCCC(=O)OC(/C=C\CCCCCCCCCCCC)C(COP(=O)(O)OCC[N+](C)(C)C)NC(=O)CCCCCCCCC/C=C\CCCCCC. The second kappa shape index (κ2) is 56.0. The molecule has 9 nitrogen and oxygen atoms in total. The molecule has 3 atom stereocenters. The first kappa shape index (κ1) is 73.7. The number of nitrogens with one attached hydrogen (secondary N) is 1. The van der Waals surface area contributed by atoms with Crippen LogP contribution in [0.4, 0.5) is 0 Å². The van der Waals surface area contributed by atoms with Gasteiger partial charge >= 0.3 is 13.8 Å². The fraction of sp³-hybridized carbons (Fsp3) is 0.818. The highest BCUT2D eigenvalue weighted by molar-refractivity contribution is 7.47. The average Bonchev–Trinajstić information content (AvgIpc) is 3.38. The van der Waals surface area contributed by atoms with Crippen LogP contribution in [0.2, 0.25) is 0 Å². The zero-order valence-corrected chi connectivity index (χ0v) is 51.6. The number of rotatable bonds is 58. The third-order valence-electron chi connectivity index (χ3n) is 14.2. The van der Waals surface area contributed by atoms with Crippen LogP contribution in [0.15, 0.2) is 60.8 Å². The van der Waals surface area contributed by atoms with Gasteiger partial charge in [-0.1, -0.05) is 249 Å². The molecule has 76 heavy (non-hydrogen) atoms. The van der Waals surface area contributed by atoms with E-state index in [0.717, 1.165) is 83.5 Å². The zero-order chi connectivity index (χ0) is 55.7. The molecule has 0 saturated heterocycles. The Bertz CT molecular complexity index is 1490. The van der Waals surface area contributed by atoms with Gasteiger partial charge in [0.25, 0.3) is 0 Å². The van der Waals surface area contributed by atoms with Crippen LogP contribution in [0, 0.1) is 0 Å². The lowest BCUT2D eigenvalue weighted by Crippen LogP contribution is -2.47. The normalized spacial score (nSPS) is 14.0. The molecule has 444 valence electrons. The Morgan fingerprint density at radius 1 is 0.461 bits per heavy atom. The number of carbonyl (C=O) groups is 2. The fourth-order valence-corrected chi connectivity index (χ4v) is 9.91. The van der Waals surface area contributed by atoms with Crippen molar-refractivity contribution >= 4 is 19.7 Å². The smallest absolute Gasteiger partial charge is 0.456 e. The number of carbonyl (C=O) groups excluding carboxylic acids is 2. The number of nitrogens with zero attached hydrogens (tertiary/aromatic N) is 1. The van der Waals surface area contributed by atoms with Crippen LogP contribution in [0.1, 0.15) is 297 Å². The topological polar surface area (TPSA) is 111 Å². The van der Waals surface area contributed by atoms with Crippen molar-refractivity contribution < 1.29 is 37.3 Å². The largest absolute Gasteiger partial charge is 0.472 e. The monoisotopic (exact) mass is 1090 g/mol. The Hall–Kier alpha value is -2.29. The van der Waals surface area contributed by atoms with Crippen LogP contribution in [0.3, 0.4) is 0 Å². The maximum absolute atomic E-state index is 13.5. The van der Waals surface area contributed by atoms with E-state index in [2.05, 4.69) is 74.7 Å². The molecule has 0 rings (SSSR count). The van der Waals surface area contributed by atoms with Gasteiger partial charge in [-0.25, -0.2) is 4.57 Å². The molecule has 0 aliphatic carbocycles. The van der Waals surface area contributed by atoms with E-state index in [1.54, 1.807) is 0 Å². The molecule has 0 aromatic heterocycles. The number of amides is 1. The van der Waals surface area contributed by atoms with Gasteiger partial charge in [-0.05, 0) is 96.0 Å². The van der Waals surface area contributed by atoms with Crippen molar-refractivity contribution in [2.24, 2.45) is 0 Å². The van der Waals surface area contributed by atoms with Crippen molar-refractivity contribution in [2.75, 3.05) is 40.9 Å². The van der Waals surface area contributed by atoms with E-state index in [1.807, 2.05) is 33.3 Å². The molecule has 0 spiro atoms. The molecule has 1 amide bonds. The summed E-state index contributed by atoms with van der Waals surface area (Å²) in [5.41, 5.74) is 0. The average molecular weight is 1090 g/mol. The number of quaternary nitrogens is 1. The minimum Gasteiger partial charge on any atom is -0.456 e. The number of likely N-dealkylation sites (N-methyl/N-ethyl adjacent to an activating group) is 1. The van der Waals surface area contributed by atoms with E-state index in [4.69, 9.17) is 13.8 Å². The van der Waals surface area contributed by atoms with Crippen LogP contribution in [-0.4, -0.2) is 74.3 Å². The summed E-state index contributed by atoms with van der Waals surface area (Å²) in [6, 6.07) is -0.852. The van der Waals surface area contributed by atoms with Crippen LogP contribution < -0.4 is 5.32 Å². The standard InChI is InChI=1S/C66H123N2O7P/c1-7-10-13-16-19-22-25-28-30-31-32-33-34-35-36-37-39-41-44-47-50-53-56-59-66(70)75-64(57-54-51-48-45-42-27-24-21-18-15-12-9-3)63(62-74-76(71,72)73-61-60-68(4,5)6)67-65(69)58-55-52-49-46-43-40-38-29-26-23-20-17-14-11-8-2/h19,22-23,26,28,30,32-33,54,57,63-64H,7-18,20-21,24-25,27,29,31,34-53,55-56,58-62H2,1-6H3,(H-,67,69,71,72)/p+1/b22-19-,26-23-,30-28-,33-32-,57-54-. The van der Waals surface area contributed by atoms with Crippen LogP contribution in [0.5, 0.6) is 0 Å². The van der Waals surface area contributed by atoms with Gasteiger partial charge in [0, 0.05) is 12.8 Å². The Kier molecular flexibility index (Phi) is 54.3. The van der Waals surface area contributed by atoms with Crippen molar-refractivity contribution in [1.29, 1.82) is 0 Å².